The van der Waals surface area contributed by atoms with Crippen LogP contribution in [-0.4, -0.2) is 9.91 Å². The molecule has 0 bridgehead atoms. The van der Waals surface area contributed by atoms with Crippen LogP contribution >= 0.6 is 0 Å². The van der Waals surface area contributed by atoms with Crippen LogP contribution in [0, 0.1) is 10.1 Å². The number of para-hydroxylation sites is 1. The van der Waals surface area contributed by atoms with Crippen LogP contribution in [0.1, 0.15) is 17.5 Å². The smallest absolute Gasteiger partial charge is 0.287 e. The minimum Gasteiger partial charge on any atom is -0.448 e. The second kappa shape index (κ2) is 6.48. The topological polar surface area (TPSA) is 74.5 Å². The molecule has 130 valence electrons. The van der Waals surface area contributed by atoms with Gasteiger partial charge in [0.2, 0.25) is 5.88 Å². The summed E-state index contributed by atoms with van der Waals surface area (Å²) in [7, 11) is 0. The zero-order chi connectivity index (χ0) is 18.0. The highest BCUT2D eigenvalue weighted by Crippen LogP contribution is 2.40. The van der Waals surface area contributed by atoms with Crippen molar-refractivity contribution >= 4 is 5.69 Å². The summed E-state index contributed by atoms with van der Waals surface area (Å²) in [5, 5.41) is 10.8. The first-order valence-electron chi connectivity index (χ1n) is 8.28. The summed E-state index contributed by atoms with van der Waals surface area (Å²) in [6.45, 7) is 0. The third-order valence-electron chi connectivity index (χ3n) is 4.39. The molecule has 2 heterocycles. The van der Waals surface area contributed by atoms with E-state index in [1.807, 2.05) is 54.6 Å². The number of ether oxygens (including phenoxy) is 2. The Kier molecular flexibility index (Phi) is 4.01. The van der Waals surface area contributed by atoms with E-state index in [0.29, 0.717) is 6.42 Å². The van der Waals surface area contributed by atoms with Crippen molar-refractivity contribution in [1.82, 2.24) is 4.98 Å². The van der Waals surface area contributed by atoms with Gasteiger partial charge in [0.25, 0.3) is 11.5 Å². The highest BCUT2D eigenvalue weighted by Gasteiger charge is 2.41. The zero-order valence-corrected chi connectivity index (χ0v) is 13.9. The van der Waals surface area contributed by atoms with Crippen molar-refractivity contribution in [3.63, 3.8) is 0 Å². The van der Waals surface area contributed by atoms with Crippen LogP contribution in [0.25, 0.3) is 0 Å². The lowest BCUT2D eigenvalue weighted by Crippen LogP contribution is -2.42. The molecule has 1 unspecified atom stereocenters. The van der Waals surface area contributed by atoms with Crippen molar-refractivity contribution in [2.75, 3.05) is 0 Å². The standard InChI is InChI=1S/C20H16N2O4/c23-22(24)17-10-11-19(21-14-17)26-20(16-7-2-1-3-8-16)13-12-15-6-4-5-9-18(15)25-20/h1-11,14H,12-13H2. The summed E-state index contributed by atoms with van der Waals surface area (Å²) >= 11 is 0. The predicted molar refractivity (Wildman–Crippen MR) is 95.0 cm³/mol. The average molecular weight is 348 g/mol. The molecule has 0 aliphatic carbocycles. The van der Waals surface area contributed by atoms with E-state index in [1.54, 1.807) is 0 Å². The normalized spacial score (nSPS) is 18.5. The average Bonchev–Trinajstić information content (AvgIpc) is 2.69. The van der Waals surface area contributed by atoms with E-state index in [2.05, 4.69) is 4.98 Å². The number of nitrogens with zero attached hydrogens (tertiary/aromatic N) is 2. The summed E-state index contributed by atoms with van der Waals surface area (Å²) in [5.41, 5.74) is 1.91. The molecule has 0 amide bonds. The number of aromatic nitrogens is 1. The molecule has 0 saturated heterocycles. The number of rotatable bonds is 4. The largest absolute Gasteiger partial charge is 0.448 e. The van der Waals surface area contributed by atoms with E-state index < -0.39 is 10.7 Å². The van der Waals surface area contributed by atoms with Crippen molar-refractivity contribution in [1.29, 1.82) is 0 Å². The highest BCUT2D eigenvalue weighted by atomic mass is 16.7. The number of fused-ring (bicyclic) bond motifs is 1. The predicted octanol–water partition coefficient (Wildman–Crippen LogP) is 4.25. The molecule has 0 saturated carbocycles. The third-order valence-corrected chi connectivity index (χ3v) is 4.39. The Hall–Kier alpha value is -3.41. The van der Waals surface area contributed by atoms with Crippen LogP contribution < -0.4 is 9.47 Å². The van der Waals surface area contributed by atoms with Crippen LogP contribution in [0.3, 0.4) is 0 Å². The monoisotopic (exact) mass is 348 g/mol. The van der Waals surface area contributed by atoms with Gasteiger partial charge in [-0.15, -0.1) is 0 Å². The molecule has 2 aromatic carbocycles. The summed E-state index contributed by atoms with van der Waals surface area (Å²) in [6.07, 6.45) is 2.58. The maximum absolute atomic E-state index is 10.8. The van der Waals surface area contributed by atoms with Gasteiger partial charge >= 0.3 is 0 Å². The maximum Gasteiger partial charge on any atom is 0.287 e. The molecule has 6 heteroatoms. The molecule has 1 aliphatic heterocycles. The van der Waals surface area contributed by atoms with Gasteiger partial charge in [-0.1, -0.05) is 48.5 Å². The van der Waals surface area contributed by atoms with Crippen LogP contribution in [0.5, 0.6) is 11.6 Å². The fourth-order valence-electron chi connectivity index (χ4n) is 3.07. The van der Waals surface area contributed by atoms with Crippen LogP contribution in [-0.2, 0) is 12.2 Å². The Balaban J connectivity index is 1.72. The Morgan fingerprint density at radius 1 is 1.04 bits per heavy atom. The van der Waals surface area contributed by atoms with Crippen molar-refractivity contribution in [3.8, 4) is 11.6 Å². The highest BCUT2D eigenvalue weighted by molar-refractivity contribution is 5.38. The van der Waals surface area contributed by atoms with E-state index in [9.17, 15) is 10.1 Å². The molecule has 0 fully saturated rings. The van der Waals surface area contributed by atoms with Crippen molar-refractivity contribution in [2.45, 2.75) is 18.6 Å². The first-order valence-corrected chi connectivity index (χ1v) is 8.28. The molecule has 3 aromatic rings. The van der Waals surface area contributed by atoms with E-state index in [-0.39, 0.29) is 11.6 Å². The van der Waals surface area contributed by atoms with Crippen LogP contribution in [0.15, 0.2) is 72.9 Å². The SMILES string of the molecule is O=[N+]([O-])c1ccc(OC2(c3ccccc3)CCc3ccccc3O2)nc1. The molecule has 0 radical (unpaired) electrons. The van der Waals surface area contributed by atoms with Crippen LogP contribution in [0.4, 0.5) is 5.69 Å². The first-order chi connectivity index (χ1) is 12.7. The number of hydrogen-bond donors (Lipinski definition) is 0. The van der Waals surface area contributed by atoms with Gasteiger partial charge in [0.15, 0.2) is 0 Å². The third kappa shape index (κ3) is 2.97. The van der Waals surface area contributed by atoms with Crippen molar-refractivity contribution in [3.05, 3.63) is 94.2 Å². The summed E-state index contributed by atoms with van der Waals surface area (Å²) < 4.78 is 12.5. The number of nitro groups is 1. The summed E-state index contributed by atoms with van der Waals surface area (Å²) in [6, 6.07) is 20.4. The Morgan fingerprint density at radius 3 is 2.54 bits per heavy atom. The second-order valence-electron chi connectivity index (χ2n) is 6.04. The van der Waals surface area contributed by atoms with Gasteiger partial charge < -0.3 is 9.47 Å². The van der Waals surface area contributed by atoms with E-state index in [4.69, 9.17) is 9.47 Å². The van der Waals surface area contributed by atoms with Gasteiger partial charge in [0, 0.05) is 24.1 Å². The minimum atomic E-state index is -1.03. The molecule has 0 N–H and O–H groups in total. The molecule has 6 nitrogen and oxygen atoms in total. The summed E-state index contributed by atoms with van der Waals surface area (Å²) in [5.74, 6) is 0.0157. The van der Waals surface area contributed by atoms with Crippen LogP contribution in [0.2, 0.25) is 0 Å². The first kappa shape index (κ1) is 16.1. The van der Waals surface area contributed by atoms with Gasteiger partial charge in [-0.25, -0.2) is 4.98 Å². The Labute approximate surface area is 150 Å². The Bertz CT molecular complexity index is 928. The van der Waals surface area contributed by atoms with Gasteiger partial charge in [-0.05, 0) is 18.1 Å². The van der Waals surface area contributed by atoms with Crippen molar-refractivity contribution in [2.24, 2.45) is 0 Å². The van der Waals surface area contributed by atoms with E-state index >= 15 is 0 Å². The maximum atomic E-state index is 10.8. The molecule has 26 heavy (non-hydrogen) atoms. The molecule has 4 rings (SSSR count). The molecule has 0 spiro atoms. The van der Waals surface area contributed by atoms with Crippen molar-refractivity contribution < 1.29 is 14.4 Å². The quantitative estimate of drug-likeness (QED) is 0.520. The number of aryl methyl sites for hydroxylation is 1. The van der Waals surface area contributed by atoms with E-state index in [0.717, 1.165) is 23.3 Å². The lowest BCUT2D eigenvalue weighted by molar-refractivity contribution is -0.385. The van der Waals surface area contributed by atoms with Gasteiger partial charge in [0.05, 0.1) is 4.92 Å². The number of hydrogen-bond acceptors (Lipinski definition) is 5. The minimum absolute atomic E-state index is 0.0824. The lowest BCUT2D eigenvalue weighted by Gasteiger charge is -2.38. The fourth-order valence-corrected chi connectivity index (χ4v) is 3.07. The fraction of sp³-hybridized carbons (Fsp3) is 0.150. The lowest BCUT2D eigenvalue weighted by atomic mass is 9.94. The molecular formula is C20H16N2O4. The van der Waals surface area contributed by atoms with Gasteiger partial charge in [-0.3, -0.25) is 10.1 Å². The van der Waals surface area contributed by atoms with Gasteiger partial charge in [-0.2, -0.15) is 0 Å². The van der Waals surface area contributed by atoms with Gasteiger partial charge in [0.1, 0.15) is 11.9 Å². The molecule has 1 aliphatic rings. The zero-order valence-electron chi connectivity index (χ0n) is 13.9. The second-order valence-corrected chi connectivity index (χ2v) is 6.04. The molecular weight excluding hydrogens is 332 g/mol. The molecule has 1 atom stereocenters. The Morgan fingerprint density at radius 2 is 1.81 bits per heavy atom. The molecule has 1 aromatic heterocycles. The summed E-state index contributed by atoms with van der Waals surface area (Å²) in [4.78, 5) is 14.4. The van der Waals surface area contributed by atoms with E-state index in [1.165, 1.54) is 18.3 Å². The number of benzene rings is 2. The number of pyridine rings is 1.